The largest absolute Gasteiger partial charge is 0.396 e. The second-order valence-corrected chi connectivity index (χ2v) is 4.79. The van der Waals surface area contributed by atoms with Crippen LogP contribution in [0.5, 0.6) is 0 Å². The van der Waals surface area contributed by atoms with Gasteiger partial charge in [0.25, 0.3) is 0 Å². The molecular weight excluding hydrogens is 214 g/mol. The molecule has 0 radical (unpaired) electrons. The molecule has 0 aromatic carbocycles. The molecule has 1 aliphatic carbocycles. The molecule has 17 heavy (non-hydrogen) atoms. The van der Waals surface area contributed by atoms with Crippen LogP contribution in [0.4, 0.5) is 11.5 Å². The van der Waals surface area contributed by atoms with Crippen LogP contribution >= 0.6 is 0 Å². The predicted molar refractivity (Wildman–Crippen MR) is 70.3 cm³/mol. The Morgan fingerprint density at radius 3 is 2.88 bits per heavy atom. The molecule has 1 heterocycles. The summed E-state index contributed by atoms with van der Waals surface area (Å²) in [5, 5.41) is 15.6. The molecule has 1 aromatic heterocycles. The number of hydrogen-bond acceptors (Lipinski definition) is 4. The monoisotopic (exact) mass is 235 g/mol. The molecule has 1 aromatic rings. The average Bonchev–Trinajstić information content (AvgIpc) is 3.09. The number of pyridine rings is 1. The van der Waals surface area contributed by atoms with Crippen molar-refractivity contribution < 1.29 is 5.11 Å². The van der Waals surface area contributed by atoms with Gasteiger partial charge < -0.3 is 15.7 Å². The van der Waals surface area contributed by atoms with Crippen LogP contribution in [0.1, 0.15) is 26.2 Å². The fourth-order valence-electron chi connectivity index (χ4n) is 2.04. The third-order valence-corrected chi connectivity index (χ3v) is 3.38. The van der Waals surface area contributed by atoms with E-state index in [-0.39, 0.29) is 0 Å². The van der Waals surface area contributed by atoms with Crippen molar-refractivity contribution in [3.8, 4) is 0 Å². The summed E-state index contributed by atoms with van der Waals surface area (Å²) in [7, 11) is 0. The van der Waals surface area contributed by atoms with E-state index >= 15 is 0 Å². The van der Waals surface area contributed by atoms with Crippen LogP contribution in [0.2, 0.25) is 0 Å². The molecule has 4 heteroatoms. The van der Waals surface area contributed by atoms with E-state index < -0.39 is 0 Å². The van der Waals surface area contributed by atoms with E-state index in [1.54, 1.807) is 0 Å². The maximum absolute atomic E-state index is 9.01. The molecule has 3 N–H and O–H groups in total. The molecule has 0 atom stereocenters. The van der Waals surface area contributed by atoms with Gasteiger partial charge in [-0.1, -0.05) is 0 Å². The van der Waals surface area contributed by atoms with Crippen molar-refractivity contribution in [2.24, 2.45) is 5.41 Å². The van der Waals surface area contributed by atoms with Gasteiger partial charge in [0.15, 0.2) is 0 Å². The highest BCUT2D eigenvalue weighted by Gasteiger charge is 2.41. The Morgan fingerprint density at radius 2 is 2.24 bits per heavy atom. The second kappa shape index (κ2) is 5.36. The molecule has 0 saturated heterocycles. The van der Waals surface area contributed by atoms with Gasteiger partial charge in [0.2, 0.25) is 0 Å². The van der Waals surface area contributed by atoms with E-state index in [4.69, 9.17) is 5.11 Å². The summed E-state index contributed by atoms with van der Waals surface area (Å²) in [6, 6.07) is 4.01. The predicted octanol–water partition coefficient (Wildman–Crippen LogP) is 2.09. The maximum Gasteiger partial charge on any atom is 0.127 e. The van der Waals surface area contributed by atoms with Crippen LogP contribution in [0, 0.1) is 5.41 Å². The molecule has 0 aliphatic heterocycles. The third-order valence-electron chi connectivity index (χ3n) is 3.38. The van der Waals surface area contributed by atoms with Crippen molar-refractivity contribution in [1.29, 1.82) is 0 Å². The minimum absolute atomic E-state index is 0.292. The lowest BCUT2D eigenvalue weighted by atomic mass is 10.0. The fourth-order valence-corrected chi connectivity index (χ4v) is 2.04. The molecule has 0 spiro atoms. The minimum atomic E-state index is 0.292. The lowest BCUT2D eigenvalue weighted by Gasteiger charge is -2.15. The standard InChI is InChI=1S/C13H21N3O/c1-2-14-12-9-11(3-7-15-12)16-10-13(4-5-13)6-8-17/h3,7,9,17H,2,4-6,8,10H2,1H3,(H2,14,15,16). The van der Waals surface area contributed by atoms with Gasteiger partial charge in [0.05, 0.1) is 0 Å². The molecule has 0 amide bonds. The van der Waals surface area contributed by atoms with Gasteiger partial charge in [-0.05, 0) is 37.7 Å². The maximum atomic E-state index is 9.01. The zero-order valence-corrected chi connectivity index (χ0v) is 10.4. The number of aliphatic hydroxyl groups is 1. The molecule has 1 aliphatic rings. The van der Waals surface area contributed by atoms with Crippen LogP contribution < -0.4 is 10.6 Å². The van der Waals surface area contributed by atoms with E-state index in [0.717, 1.165) is 31.0 Å². The Balaban J connectivity index is 1.88. The SMILES string of the molecule is CCNc1cc(NCC2(CCO)CC2)ccn1. The smallest absolute Gasteiger partial charge is 0.127 e. The zero-order valence-electron chi connectivity index (χ0n) is 10.4. The Labute approximate surface area is 102 Å². The summed E-state index contributed by atoms with van der Waals surface area (Å²) in [6.07, 6.45) is 5.18. The van der Waals surface area contributed by atoms with Gasteiger partial charge in [0.1, 0.15) is 5.82 Å². The number of aliphatic hydroxyl groups excluding tert-OH is 1. The number of nitrogens with zero attached hydrogens (tertiary/aromatic N) is 1. The number of aromatic nitrogens is 1. The summed E-state index contributed by atoms with van der Waals surface area (Å²) in [6.45, 7) is 4.18. The Morgan fingerprint density at radius 1 is 1.41 bits per heavy atom. The average molecular weight is 235 g/mol. The summed E-state index contributed by atoms with van der Waals surface area (Å²) in [5.74, 6) is 0.907. The van der Waals surface area contributed by atoms with E-state index in [2.05, 4.69) is 22.5 Å². The normalized spacial score (nSPS) is 16.6. The number of rotatable bonds is 7. The fraction of sp³-hybridized carbons (Fsp3) is 0.615. The van der Waals surface area contributed by atoms with Crippen molar-refractivity contribution in [1.82, 2.24) is 4.98 Å². The van der Waals surface area contributed by atoms with Gasteiger partial charge in [0, 0.05) is 37.6 Å². The van der Waals surface area contributed by atoms with E-state index in [1.165, 1.54) is 12.8 Å². The second-order valence-electron chi connectivity index (χ2n) is 4.79. The first-order chi connectivity index (χ1) is 8.28. The molecule has 94 valence electrons. The van der Waals surface area contributed by atoms with Crippen molar-refractivity contribution in [3.05, 3.63) is 18.3 Å². The lowest BCUT2D eigenvalue weighted by molar-refractivity contribution is 0.253. The van der Waals surface area contributed by atoms with Crippen LogP contribution in [-0.4, -0.2) is 29.8 Å². The van der Waals surface area contributed by atoms with Crippen LogP contribution in [0.25, 0.3) is 0 Å². The lowest BCUT2D eigenvalue weighted by Crippen LogP contribution is -2.16. The molecule has 1 saturated carbocycles. The van der Waals surface area contributed by atoms with Crippen molar-refractivity contribution in [2.45, 2.75) is 26.2 Å². The third kappa shape index (κ3) is 3.33. The summed E-state index contributed by atoms with van der Waals surface area (Å²) < 4.78 is 0. The van der Waals surface area contributed by atoms with Gasteiger partial charge in [-0.2, -0.15) is 0 Å². The van der Waals surface area contributed by atoms with Gasteiger partial charge in [-0.15, -0.1) is 0 Å². The molecule has 1 fully saturated rings. The van der Waals surface area contributed by atoms with Crippen molar-refractivity contribution >= 4 is 11.5 Å². The van der Waals surface area contributed by atoms with Crippen LogP contribution in [0.3, 0.4) is 0 Å². The molecule has 0 unspecified atom stereocenters. The zero-order chi connectivity index (χ0) is 12.1. The van der Waals surface area contributed by atoms with E-state index in [1.807, 2.05) is 18.3 Å². The summed E-state index contributed by atoms with van der Waals surface area (Å²) >= 11 is 0. The first-order valence-corrected chi connectivity index (χ1v) is 6.33. The molecule has 4 nitrogen and oxygen atoms in total. The highest BCUT2D eigenvalue weighted by Crippen LogP contribution is 2.48. The van der Waals surface area contributed by atoms with Crippen LogP contribution in [0.15, 0.2) is 18.3 Å². The Kier molecular flexibility index (Phi) is 3.84. The van der Waals surface area contributed by atoms with Crippen molar-refractivity contribution in [2.75, 3.05) is 30.3 Å². The van der Waals surface area contributed by atoms with Gasteiger partial charge in [-0.3, -0.25) is 0 Å². The first kappa shape index (κ1) is 12.2. The number of anilines is 2. The van der Waals surface area contributed by atoms with Crippen molar-refractivity contribution in [3.63, 3.8) is 0 Å². The molecule has 0 bridgehead atoms. The Hall–Kier alpha value is -1.29. The number of hydrogen-bond donors (Lipinski definition) is 3. The van der Waals surface area contributed by atoms with Gasteiger partial charge in [-0.25, -0.2) is 4.98 Å². The quantitative estimate of drug-likeness (QED) is 0.677. The van der Waals surface area contributed by atoms with Crippen LogP contribution in [-0.2, 0) is 0 Å². The highest BCUT2D eigenvalue weighted by atomic mass is 16.3. The molecule has 2 rings (SSSR count). The molecular formula is C13H21N3O. The first-order valence-electron chi connectivity index (χ1n) is 6.33. The minimum Gasteiger partial charge on any atom is -0.396 e. The van der Waals surface area contributed by atoms with E-state index in [9.17, 15) is 0 Å². The topological polar surface area (TPSA) is 57.2 Å². The number of nitrogens with one attached hydrogen (secondary N) is 2. The van der Waals surface area contributed by atoms with Gasteiger partial charge >= 0.3 is 0 Å². The summed E-state index contributed by atoms with van der Waals surface area (Å²) in [4.78, 5) is 4.23. The van der Waals surface area contributed by atoms with E-state index in [0.29, 0.717) is 12.0 Å². The Bertz CT molecular complexity index is 363. The highest BCUT2D eigenvalue weighted by molar-refractivity contribution is 5.52. The summed E-state index contributed by atoms with van der Waals surface area (Å²) in [5.41, 5.74) is 1.44.